The van der Waals surface area contributed by atoms with Crippen LogP contribution < -0.4 is 11.1 Å². The Hall–Kier alpha value is -1.56. The van der Waals surface area contributed by atoms with Gasteiger partial charge in [-0.1, -0.05) is 0 Å². The van der Waals surface area contributed by atoms with Crippen molar-refractivity contribution in [2.24, 2.45) is 0 Å². The van der Waals surface area contributed by atoms with Gasteiger partial charge in [-0.05, 0) is 25.1 Å². The lowest BCUT2D eigenvalue weighted by atomic mass is 10.1. The molecule has 5 nitrogen and oxygen atoms in total. The van der Waals surface area contributed by atoms with Crippen LogP contribution in [0.4, 0.5) is 11.4 Å². The molecule has 0 spiro atoms. The third-order valence-corrected chi connectivity index (χ3v) is 3.72. The zero-order valence-corrected chi connectivity index (χ0v) is 10.6. The van der Waals surface area contributed by atoms with E-state index in [1.165, 1.54) is 12.1 Å². The molecule has 1 rings (SSSR count). The fourth-order valence-corrected chi connectivity index (χ4v) is 1.58. The lowest BCUT2D eigenvalue weighted by Crippen LogP contribution is -2.21. The number of aromatic carboxylic acids is 1. The third kappa shape index (κ3) is 3.74. The largest absolute Gasteiger partial charge is 0.478 e. The number of nitrogen functional groups attached to an aromatic ring is 1. The van der Waals surface area contributed by atoms with Gasteiger partial charge in [-0.25, -0.2) is 4.79 Å². The van der Waals surface area contributed by atoms with Crippen LogP contribution >= 0.6 is 0 Å². The first-order chi connectivity index (χ1) is 7.91. The molecule has 1 aromatic carbocycles. The van der Waals surface area contributed by atoms with E-state index in [2.05, 4.69) is 5.32 Å². The second-order valence-corrected chi connectivity index (χ2v) is 5.60. The second-order valence-electron chi connectivity index (χ2n) is 3.80. The number of carboxylic acids is 1. The Bertz CT molecular complexity index is 448. The van der Waals surface area contributed by atoms with Crippen LogP contribution in [0.1, 0.15) is 17.3 Å². The van der Waals surface area contributed by atoms with Crippen LogP contribution in [0.2, 0.25) is 0 Å². The molecular formula is C11H16N2O3S. The fourth-order valence-electron chi connectivity index (χ4n) is 1.27. The molecule has 0 fully saturated rings. The molecular weight excluding hydrogens is 240 g/mol. The number of anilines is 2. The van der Waals surface area contributed by atoms with E-state index < -0.39 is 16.8 Å². The topological polar surface area (TPSA) is 92.4 Å². The van der Waals surface area contributed by atoms with E-state index in [-0.39, 0.29) is 10.8 Å². The summed E-state index contributed by atoms with van der Waals surface area (Å²) in [6, 6.07) is 4.55. The SMILES string of the molecule is CC(CNc1cc(N)ccc1C(=O)O)S(C)=O. The van der Waals surface area contributed by atoms with E-state index in [1.807, 2.05) is 6.92 Å². The van der Waals surface area contributed by atoms with E-state index in [4.69, 9.17) is 10.8 Å². The van der Waals surface area contributed by atoms with Gasteiger partial charge in [-0.3, -0.25) is 4.21 Å². The van der Waals surface area contributed by atoms with E-state index in [9.17, 15) is 9.00 Å². The quantitative estimate of drug-likeness (QED) is 0.687. The van der Waals surface area contributed by atoms with E-state index in [1.54, 1.807) is 12.3 Å². The van der Waals surface area contributed by atoms with E-state index >= 15 is 0 Å². The number of hydrogen-bond acceptors (Lipinski definition) is 4. The zero-order valence-electron chi connectivity index (χ0n) is 9.77. The van der Waals surface area contributed by atoms with E-state index in [0.29, 0.717) is 17.9 Å². The molecule has 6 heteroatoms. The Morgan fingerprint density at radius 1 is 1.59 bits per heavy atom. The van der Waals surface area contributed by atoms with Crippen LogP contribution in [0.15, 0.2) is 18.2 Å². The first-order valence-corrected chi connectivity index (χ1v) is 6.73. The Morgan fingerprint density at radius 2 is 2.24 bits per heavy atom. The van der Waals surface area contributed by atoms with Crippen LogP contribution in [0, 0.1) is 0 Å². The number of nitrogens with two attached hydrogens (primary N) is 1. The minimum absolute atomic E-state index is 0.0573. The van der Waals surface area contributed by atoms with Crippen molar-refractivity contribution < 1.29 is 14.1 Å². The molecule has 0 heterocycles. The molecule has 0 aromatic heterocycles. The highest BCUT2D eigenvalue weighted by Crippen LogP contribution is 2.19. The summed E-state index contributed by atoms with van der Waals surface area (Å²) < 4.78 is 11.2. The Labute approximate surface area is 102 Å². The number of nitrogens with one attached hydrogen (secondary N) is 1. The second kappa shape index (κ2) is 5.67. The number of rotatable bonds is 5. The van der Waals surface area contributed by atoms with Crippen molar-refractivity contribution in [1.82, 2.24) is 0 Å². The molecule has 1 aromatic rings. The van der Waals surface area contributed by atoms with Crippen LogP contribution in [-0.4, -0.2) is 33.3 Å². The fraction of sp³-hybridized carbons (Fsp3) is 0.364. The average Bonchev–Trinajstić information content (AvgIpc) is 2.25. The van der Waals surface area contributed by atoms with E-state index in [0.717, 1.165) is 0 Å². The molecule has 0 aliphatic rings. The summed E-state index contributed by atoms with van der Waals surface area (Å²) in [4.78, 5) is 11.0. The van der Waals surface area contributed by atoms with Gasteiger partial charge < -0.3 is 16.2 Å². The highest BCUT2D eigenvalue weighted by Gasteiger charge is 2.12. The predicted octanol–water partition coefficient (Wildman–Crippen LogP) is 1.15. The molecule has 94 valence electrons. The summed E-state index contributed by atoms with van der Waals surface area (Å²) in [5.41, 5.74) is 6.70. The molecule has 0 radical (unpaired) electrons. The van der Waals surface area contributed by atoms with Crippen molar-refractivity contribution in [3.05, 3.63) is 23.8 Å². The molecule has 0 aliphatic heterocycles. The molecule has 0 aliphatic carbocycles. The van der Waals surface area contributed by atoms with Gasteiger partial charge in [0.1, 0.15) is 0 Å². The van der Waals surface area contributed by atoms with Gasteiger partial charge in [0.2, 0.25) is 0 Å². The maximum Gasteiger partial charge on any atom is 0.337 e. The summed E-state index contributed by atoms with van der Waals surface area (Å²) in [7, 11) is -0.948. The number of benzene rings is 1. The van der Waals surface area contributed by atoms with Gasteiger partial charge in [0.15, 0.2) is 0 Å². The van der Waals surface area contributed by atoms with Crippen molar-refractivity contribution in [2.75, 3.05) is 23.9 Å². The maximum atomic E-state index is 11.2. The monoisotopic (exact) mass is 256 g/mol. The minimum Gasteiger partial charge on any atom is -0.478 e. The molecule has 2 unspecified atom stereocenters. The minimum atomic E-state index is -1.02. The number of carboxylic acid groups (broad SMARTS) is 1. The Kier molecular flexibility index (Phi) is 4.51. The predicted molar refractivity (Wildman–Crippen MR) is 69.8 cm³/mol. The van der Waals surface area contributed by atoms with Gasteiger partial charge in [-0.15, -0.1) is 0 Å². The van der Waals surface area contributed by atoms with Crippen LogP contribution in [0.25, 0.3) is 0 Å². The van der Waals surface area contributed by atoms with Crippen LogP contribution in [0.5, 0.6) is 0 Å². The molecule has 2 atom stereocenters. The zero-order chi connectivity index (χ0) is 13.0. The summed E-state index contributed by atoms with van der Waals surface area (Å²) in [6.07, 6.45) is 1.61. The average molecular weight is 256 g/mol. The molecule has 0 saturated carbocycles. The van der Waals surface area contributed by atoms with Gasteiger partial charge in [-0.2, -0.15) is 0 Å². The molecule has 0 amide bonds. The van der Waals surface area contributed by atoms with Gasteiger partial charge in [0.05, 0.1) is 11.3 Å². The third-order valence-electron chi connectivity index (χ3n) is 2.42. The number of carbonyl (C=O) groups is 1. The van der Waals surface area contributed by atoms with Crippen molar-refractivity contribution >= 4 is 28.1 Å². The Balaban J connectivity index is 2.85. The van der Waals surface area contributed by atoms with Crippen LogP contribution in [0.3, 0.4) is 0 Å². The van der Waals surface area contributed by atoms with Gasteiger partial charge >= 0.3 is 5.97 Å². The number of hydrogen-bond donors (Lipinski definition) is 3. The van der Waals surface area contributed by atoms with Crippen molar-refractivity contribution in [1.29, 1.82) is 0 Å². The first kappa shape index (κ1) is 13.5. The lowest BCUT2D eigenvalue weighted by Gasteiger charge is -2.13. The summed E-state index contributed by atoms with van der Waals surface area (Å²) >= 11 is 0. The lowest BCUT2D eigenvalue weighted by molar-refractivity contribution is 0.0698. The summed E-state index contributed by atoms with van der Waals surface area (Å²) in [6.45, 7) is 2.27. The highest BCUT2D eigenvalue weighted by molar-refractivity contribution is 7.84. The van der Waals surface area contributed by atoms with Gasteiger partial charge in [0.25, 0.3) is 0 Å². The molecule has 4 N–H and O–H groups in total. The van der Waals surface area contributed by atoms with Gasteiger partial charge in [0, 0.05) is 34.5 Å². The Morgan fingerprint density at radius 3 is 2.76 bits per heavy atom. The van der Waals surface area contributed by atoms with Crippen molar-refractivity contribution in [3.63, 3.8) is 0 Å². The first-order valence-electron chi connectivity index (χ1n) is 5.10. The molecule has 17 heavy (non-hydrogen) atoms. The smallest absolute Gasteiger partial charge is 0.337 e. The van der Waals surface area contributed by atoms with Crippen molar-refractivity contribution in [3.8, 4) is 0 Å². The molecule has 0 saturated heterocycles. The van der Waals surface area contributed by atoms with Crippen molar-refractivity contribution in [2.45, 2.75) is 12.2 Å². The maximum absolute atomic E-state index is 11.2. The summed E-state index contributed by atoms with van der Waals surface area (Å²) in [5.74, 6) is -1.02. The van der Waals surface area contributed by atoms with Crippen LogP contribution in [-0.2, 0) is 10.8 Å². The standard InChI is InChI=1S/C11H16N2O3S/c1-7(17(2)16)6-13-10-5-8(12)3-4-9(10)11(14)15/h3-5,7,13H,6,12H2,1-2H3,(H,14,15). The normalized spacial score (nSPS) is 14.0. The highest BCUT2D eigenvalue weighted by atomic mass is 32.2. The summed E-state index contributed by atoms with van der Waals surface area (Å²) in [5, 5.41) is 11.9. The molecule has 0 bridgehead atoms.